The lowest BCUT2D eigenvalue weighted by molar-refractivity contribution is -0.345. The monoisotopic (exact) mass is 1130 g/mol. The van der Waals surface area contributed by atoms with Crippen LogP contribution in [0.4, 0.5) is 0 Å². The maximum absolute atomic E-state index is 12.9. The Morgan fingerprint density at radius 1 is 0.398 bits per heavy atom. The zero-order valence-electron chi connectivity index (χ0n) is 45.2. The van der Waals surface area contributed by atoms with E-state index in [2.05, 4.69) is 40.1 Å². The van der Waals surface area contributed by atoms with E-state index in [4.69, 9.17) is 47.4 Å². The number of benzene rings is 6. The van der Waals surface area contributed by atoms with Gasteiger partial charge in [0.05, 0.1) is 83.2 Å². The van der Waals surface area contributed by atoms with Gasteiger partial charge in [-0.1, -0.05) is 202 Å². The van der Waals surface area contributed by atoms with Gasteiger partial charge in [-0.05, 0) is 61.9 Å². The predicted molar refractivity (Wildman–Crippen MR) is 302 cm³/mol. The second-order valence-electron chi connectivity index (χ2n) is 20.0. The molecular weight excluding hydrogens is 1060 g/mol. The maximum Gasteiger partial charge on any atom is 0.187 e. The largest absolute Gasteiger partial charge is 0.388 e. The first-order chi connectivity index (χ1) is 40.9. The van der Waals surface area contributed by atoms with Gasteiger partial charge < -0.3 is 52.5 Å². The molecule has 430 valence electrons. The van der Waals surface area contributed by atoms with Gasteiger partial charge in [0.2, 0.25) is 0 Å². The summed E-state index contributed by atoms with van der Waals surface area (Å²) in [4.78, 5) is 12.5. The van der Waals surface area contributed by atoms with E-state index in [0.29, 0.717) is 0 Å². The summed E-state index contributed by atoms with van der Waals surface area (Å²) in [5.74, 6) is 0. The summed E-state index contributed by atoms with van der Waals surface area (Å²) < 4.78 is 67.3. The Labute approximate surface area is 479 Å². The number of hydrogen-bond acceptors (Lipinski definition) is 15. The van der Waals surface area contributed by atoms with Gasteiger partial charge in [-0.15, -0.1) is 0 Å². The number of azide groups is 4. The fraction of sp³-hybridized carbons (Fsp3) is 0.400. The van der Waals surface area contributed by atoms with Crippen molar-refractivity contribution in [3.05, 3.63) is 257 Å². The molecule has 2 aliphatic heterocycles. The minimum Gasteiger partial charge on any atom is -0.388 e. The lowest BCUT2D eigenvalue weighted by Gasteiger charge is -2.50. The SMILES string of the molecule is [N-]=[N+]=NC[C@@H]1O[C@@H](O[C@H]2[C@H](O)[C@@H](O[C@@H]3O[C@H](COCc4ccccc4)[C@@H](OCc4ccccc4)[C@H](OCc4ccccc4)[C@H]3N=[N+]=[N-])[C@H](N=[N+]=[N-])C[C@@H]2N=[N+]=[N-])[C@@H](OCc2ccccc2)[C@H](OCc2ccccc2)[C@H]1OCc1ccccc1. The molecule has 23 nitrogen and oxygen atoms in total. The molecule has 0 unspecified atom stereocenters. The predicted octanol–water partition coefficient (Wildman–Crippen LogP) is 11.5. The summed E-state index contributed by atoms with van der Waals surface area (Å²) in [7, 11) is 0. The van der Waals surface area contributed by atoms with Crippen LogP contribution < -0.4 is 0 Å². The summed E-state index contributed by atoms with van der Waals surface area (Å²) in [6, 6.07) is 53.1. The number of ether oxygens (including phenoxy) is 10. The first kappa shape index (κ1) is 59.7. The average molecular weight is 1130 g/mol. The zero-order chi connectivity index (χ0) is 57.4. The minimum atomic E-state index is -1.81. The topological polar surface area (TPSA) is 308 Å². The Kier molecular flexibility index (Phi) is 22.7. The van der Waals surface area contributed by atoms with E-state index >= 15 is 0 Å². The van der Waals surface area contributed by atoms with Crippen molar-refractivity contribution in [1.82, 2.24) is 0 Å². The van der Waals surface area contributed by atoms with Crippen molar-refractivity contribution < 1.29 is 52.5 Å². The van der Waals surface area contributed by atoms with Crippen molar-refractivity contribution >= 4 is 0 Å². The van der Waals surface area contributed by atoms with E-state index in [1.54, 1.807) is 0 Å². The Balaban J connectivity index is 1.07. The molecule has 6 aromatic rings. The van der Waals surface area contributed by atoms with Crippen molar-refractivity contribution in [1.29, 1.82) is 0 Å². The zero-order valence-corrected chi connectivity index (χ0v) is 45.2. The number of rotatable bonds is 28. The standard InChI is InChI=1S/C60H64N12O11/c61-69-65-32-48-54(75-34-41-21-9-2-10-22-41)57(78-37-44-27-15-5-16-28-44)58(79-38-45-29-17-6-18-30-45)60(80-48)83-53-47(67-71-63)31-46(66-70-62)52(51(53)73)82-59-50(68-72-64)56(77-36-43-25-13-4-14-26-43)55(76-35-42-23-11-3-12-24-42)49(81-59)39-74-33-40-19-7-1-8-20-40/h1-30,46-60,73H,31-39H2/t46-,47+,48+,49-,50-,51-,52+,53-,54+,55-,56-,57-,58+,59+,60+/m1/s1. The van der Waals surface area contributed by atoms with E-state index in [-0.39, 0.29) is 59.2 Å². The smallest absolute Gasteiger partial charge is 0.187 e. The van der Waals surface area contributed by atoms with Crippen LogP contribution in [-0.4, -0.2) is 110 Å². The molecule has 3 fully saturated rings. The van der Waals surface area contributed by atoms with Crippen LogP contribution in [0.25, 0.3) is 41.8 Å². The van der Waals surface area contributed by atoms with Crippen LogP contribution in [0, 0.1) is 0 Å². The Hall–Kier alpha value is -7.88. The van der Waals surface area contributed by atoms with Crippen molar-refractivity contribution in [2.75, 3.05) is 13.2 Å². The summed E-state index contributed by atoms with van der Waals surface area (Å²) in [6.45, 7) is 0.290. The first-order valence-electron chi connectivity index (χ1n) is 27.3. The van der Waals surface area contributed by atoms with Gasteiger partial charge in [0, 0.05) is 19.6 Å². The van der Waals surface area contributed by atoms with Crippen LogP contribution in [0.1, 0.15) is 39.8 Å². The van der Waals surface area contributed by atoms with Gasteiger partial charge in [-0.3, -0.25) is 0 Å². The molecule has 2 heterocycles. The normalized spacial score (nSPS) is 27.6. The first-order valence-corrected chi connectivity index (χ1v) is 27.3. The molecule has 15 atom stereocenters. The second kappa shape index (κ2) is 31.5. The fourth-order valence-corrected chi connectivity index (χ4v) is 10.4. The summed E-state index contributed by atoms with van der Waals surface area (Å²) in [5.41, 5.74) is 45.2. The van der Waals surface area contributed by atoms with Crippen molar-refractivity contribution in [2.24, 2.45) is 20.5 Å². The van der Waals surface area contributed by atoms with Crippen molar-refractivity contribution in [3.8, 4) is 0 Å². The van der Waals surface area contributed by atoms with Gasteiger partial charge in [0.1, 0.15) is 48.8 Å². The number of aliphatic hydroxyl groups excluding tert-OH is 1. The third-order valence-corrected chi connectivity index (χ3v) is 14.4. The number of nitrogens with zero attached hydrogens (tertiary/aromatic N) is 12. The highest BCUT2D eigenvalue weighted by Crippen LogP contribution is 2.39. The molecule has 1 N–H and O–H groups in total. The molecule has 0 spiro atoms. The molecule has 1 aliphatic carbocycles. The van der Waals surface area contributed by atoms with E-state index in [1.165, 1.54) is 0 Å². The molecule has 6 aromatic carbocycles. The lowest BCUT2D eigenvalue weighted by atomic mass is 9.84. The van der Waals surface area contributed by atoms with Gasteiger partial charge in [-0.2, -0.15) is 0 Å². The lowest BCUT2D eigenvalue weighted by Crippen LogP contribution is -2.66. The molecule has 83 heavy (non-hydrogen) atoms. The fourth-order valence-electron chi connectivity index (χ4n) is 10.4. The Morgan fingerprint density at radius 2 is 0.759 bits per heavy atom. The molecule has 0 amide bonds. The maximum atomic E-state index is 12.9. The highest BCUT2D eigenvalue weighted by atomic mass is 16.7. The summed E-state index contributed by atoms with van der Waals surface area (Å²) in [5, 5.41) is 29.2. The van der Waals surface area contributed by atoms with Crippen molar-refractivity contribution in [3.63, 3.8) is 0 Å². The third-order valence-electron chi connectivity index (χ3n) is 14.4. The van der Waals surface area contributed by atoms with E-state index in [1.807, 2.05) is 182 Å². The van der Waals surface area contributed by atoms with Crippen LogP contribution in [0.3, 0.4) is 0 Å². The molecular formula is C60H64N12O11. The highest BCUT2D eigenvalue weighted by molar-refractivity contribution is 5.19. The van der Waals surface area contributed by atoms with Gasteiger partial charge in [0.15, 0.2) is 12.6 Å². The molecule has 1 saturated carbocycles. The minimum absolute atomic E-state index is 0.0314. The van der Waals surface area contributed by atoms with Crippen LogP contribution >= 0.6 is 0 Å². The number of hydrogen-bond donors (Lipinski definition) is 1. The van der Waals surface area contributed by atoms with E-state index in [0.717, 1.165) is 33.4 Å². The molecule has 0 bridgehead atoms. The molecule has 0 aromatic heterocycles. The highest BCUT2D eigenvalue weighted by Gasteiger charge is 2.55. The summed E-state index contributed by atoms with van der Waals surface area (Å²) >= 11 is 0. The van der Waals surface area contributed by atoms with E-state index in [9.17, 15) is 27.2 Å². The molecule has 9 rings (SSSR count). The average Bonchev–Trinajstić information content (AvgIpc) is 2.96. The molecule has 2 saturated heterocycles. The molecule has 3 aliphatic rings. The quantitative estimate of drug-likeness (QED) is 0.0273. The van der Waals surface area contributed by atoms with Gasteiger partial charge >= 0.3 is 0 Å². The number of aliphatic hydroxyl groups is 1. The van der Waals surface area contributed by atoms with E-state index < -0.39 is 91.7 Å². The van der Waals surface area contributed by atoms with Crippen molar-refractivity contribution in [2.45, 2.75) is 138 Å². The van der Waals surface area contributed by atoms with Gasteiger partial charge in [0.25, 0.3) is 0 Å². The van der Waals surface area contributed by atoms with Crippen LogP contribution in [0.15, 0.2) is 202 Å². The van der Waals surface area contributed by atoms with Crippen LogP contribution in [0.2, 0.25) is 0 Å². The summed E-state index contributed by atoms with van der Waals surface area (Å²) in [6.07, 6.45) is -15.1. The molecule has 23 heteroatoms. The van der Waals surface area contributed by atoms with Crippen LogP contribution in [0.5, 0.6) is 0 Å². The Bertz CT molecular complexity index is 3090. The second-order valence-corrected chi connectivity index (χ2v) is 20.0. The van der Waals surface area contributed by atoms with Crippen LogP contribution in [-0.2, 0) is 87.0 Å². The Morgan fingerprint density at radius 3 is 1.18 bits per heavy atom. The third kappa shape index (κ3) is 16.7. The van der Waals surface area contributed by atoms with Gasteiger partial charge in [-0.25, -0.2) is 0 Å². The molecule has 0 radical (unpaired) electrons.